The summed E-state index contributed by atoms with van der Waals surface area (Å²) in [7, 11) is 0. The van der Waals surface area contributed by atoms with Crippen molar-refractivity contribution in [1.29, 1.82) is 0 Å². The van der Waals surface area contributed by atoms with Crippen LogP contribution in [0.1, 0.15) is 37.7 Å². The number of nitrogens with two attached hydrogens (primary N) is 1. The van der Waals surface area contributed by atoms with Gasteiger partial charge in [0.15, 0.2) is 0 Å². The summed E-state index contributed by atoms with van der Waals surface area (Å²) in [5.74, 6) is 0.565. The molecule has 0 aliphatic heterocycles. The van der Waals surface area contributed by atoms with Crippen LogP contribution in [-0.4, -0.2) is 23.7 Å². The van der Waals surface area contributed by atoms with Gasteiger partial charge < -0.3 is 15.6 Å². The van der Waals surface area contributed by atoms with Gasteiger partial charge in [0, 0.05) is 0 Å². The monoisotopic (exact) mass is 277 g/mol. The van der Waals surface area contributed by atoms with Crippen molar-refractivity contribution in [1.82, 2.24) is 0 Å². The lowest BCUT2D eigenvalue weighted by atomic mass is 9.90. The van der Waals surface area contributed by atoms with Gasteiger partial charge in [-0.05, 0) is 42.9 Å². The van der Waals surface area contributed by atoms with Gasteiger partial charge in [-0.3, -0.25) is 4.79 Å². The summed E-state index contributed by atoms with van der Waals surface area (Å²) >= 11 is 0. The van der Waals surface area contributed by atoms with E-state index in [-0.39, 0.29) is 0 Å². The smallest absolute Gasteiger partial charge is 0.320 e. The Kier molecular flexibility index (Phi) is 5.41. The first-order valence-corrected chi connectivity index (χ1v) is 7.35. The van der Waals surface area contributed by atoms with Crippen molar-refractivity contribution < 1.29 is 14.6 Å². The molecule has 0 radical (unpaired) electrons. The third-order valence-electron chi connectivity index (χ3n) is 3.91. The Balaban J connectivity index is 1.80. The van der Waals surface area contributed by atoms with E-state index in [2.05, 4.69) is 0 Å². The second kappa shape index (κ2) is 7.29. The maximum absolute atomic E-state index is 10.7. The third kappa shape index (κ3) is 4.53. The fraction of sp³-hybridized carbons (Fsp3) is 0.562. The van der Waals surface area contributed by atoms with E-state index in [0.29, 0.717) is 12.3 Å². The number of carboxylic acids is 1. The number of aliphatic carboxylic acids is 1. The van der Waals surface area contributed by atoms with Crippen LogP contribution in [0.15, 0.2) is 24.3 Å². The maximum Gasteiger partial charge on any atom is 0.320 e. The highest BCUT2D eigenvalue weighted by Gasteiger charge is 2.14. The highest BCUT2D eigenvalue weighted by atomic mass is 16.5. The van der Waals surface area contributed by atoms with Gasteiger partial charge in [0.2, 0.25) is 0 Å². The van der Waals surface area contributed by atoms with Crippen LogP contribution in [-0.2, 0) is 11.2 Å². The molecule has 0 heterocycles. The quantitative estimate of drug-likeness (QED) is 0.838. The molecule has 0 aromatic heterocycles. The highest BCUT2D eigenvalue weighted by Crippen LogP contribution is 2.24. The maximum atomic E-state index is 10.7. The lowest BCUT2D eigenvalue weighted by Crippen LogP contribution is -2.32. The minimum atomic E-state index is -0.970. The number of hydrogen-bond acceptors (Lipinski definition) is 3. The third-order valence-corrected chi connectivity index (χ3v) is 3.91. The van der Waals surface area contributed by atoms with Crippen molar-refractivity contribution >= 4 is 5.97 Å². The molecule has 110 valence electrons. The molecule has 1 aromatic rings. The van der Waals surface area contributed by atoms with Crippen molar-refractivity contribution in [3.05, 3.63) is 29.8 Å². The number of carbonyl (C=O) groups is 1. The molecule has 0 spiro atoms. The molecule has 0 unspecified atom stereocenters. The van der Waals surface area contributed by atoms with E-state index >= 15 is 0 Å². The van der Waals surface area contributed by atoms with E-state index in [1.807, 2.05) is 24.3 Å². The molecular weight excluding hydrogens is 254 g/mol. The van der Waals surface area contributed by atoms with Crippen LogP contribution in [0, 0.1) is 5.92 Å². The molecule has 1 atom stereocenters. The van der Waals surface area contributed by atoms with Crippen LogP contribution < -0.4 is 10.5 Å². The number of carboxylic acid groups (broad SMARTS) is 1. The minimum Gasteiger partial charge on any atom is -0.493 e. The predicted octanol–water partition coefficient (Wildman–Crippen LogP) is 2.60. The summed E-state index contributed by atoms with van der Waals surface area (Å²) in [5.41, 5.74) is 6.43. The van der Waals surface area contributed by atoms with Crippen molar-refractivity contribution in [3.63, 3.8) is 0 Å². The lowest BCUT2D eigenvalue weighted by Gasteiger charge is -2.21. The van der Waals surface area contributed by atoms with Gasteiger partial charge >= 0.3 is 5.97 Å². The first-order chi connectivity index (χ1) is 9.65. The molecule has 1 aromatic carbocycles. The average Bonchev–Trinajstić information content (AvgIpc) is 2.47. The fourth-order valence-corrected chi connectivity index (χ4v) is 2.63. The molecule has 4 heteroatoms. The lowest BCUT2D eigenvalue weighted by molar-refractivity contribution is -0.138. The van der Waals surface area contributed by atoms with Gasteiger partial charge in [-0.25, -0.2) is 0 Å². The standard InChI is InChI=1S/C16H23NO3/c17-15(16(18)19)10-12-6-8-14(9-7-12)20-11-13-4-2-1-3-5-13/h6-9,13,15H,1-5,10-11,17H2,(H,18,19)/t15-/m0/s1. The van der Waals surface area contributed by atoms with E-state index in [1.165, 1.54) is 32.1 Å². The first-order valence-electron chi connectivity index (χ1n) is 7.35. The summed E-state index contributed by atoms with van der Waals surface area (Å²) in [6.07, 6.45) is 6.88. The molecule has 1 aliphatic carbocycles. The van der Waals surface area contributed by atoms with Crippen molar-refractivity contribution in [2.45, 2.75) is 44.6 Å². The van der Waals surface area contributed by atoms with Crippen LogP contribution in [0.2, 0.25) is 0 Å². The Morgan fingerprint density at radius 2 is 1.90 bits per heavy atom. The van der Waals surface area contributed by atoms with Crippen LogP contribution in [0.4, 0.5) is 0 Å². The van der Waals surface area contributed by atoms with E-state index in [0.717, 1.165) is 17.9 Å². The second-order valence-electron chi connectivity index (χ2n) is 5.61. The zero-order valence-corrected chi connectivity index (χ0v) is 11.8. The normalized spacial score (nSPS) is 17.6. The zero-order valence-electron chi connectivity index (χ0n) is 11.8. The molecule has 1 aliphatic rings. The molecule has 4 nitrogen and oxygen atoms in total. The Morgan fingerprint density at radius 3 is 2.50 bits per heavy atom. The number of hydrogen-bond donors (Lipinski definition) is 2. The highest BCUT2D eigenvalue weighted by molar-refractivity contribution is 5.73. The van der Waals surface area contributed by atoms with Crippen LogP contribution in [0.3, 0.4) is 0 Å². The number of benzene rings is 1. The molecule has 0 bridgehead atoms. The molecule has 1 fully saturated rings. The molecule has 3 N–H and O–H groups in total. The van der Waals surface area contributed by atoms with Gasteiger partial charge in [0.05, 0.1) is 6.61 Å². The summed E-state index contributed by atoms with van der Waals surface area (Å²) in [6, 6.07) is 6.72. The summed E-state index contributed by atoms with van der Waals surface area (Å²) < 4.78 is 5.81. The van der Waals surface area contributed by atoms with E-state index < -0.39 is 12.0 Å². The van der Waals surface area contributed by atoms with Crippen LogP contribution >= 0.6 is 0 Å². The molecule has 20 heavy (non-hydrogen) atoms. The van der Waals surface area contributed by atoms with Crippen molar-refractivity contribution in [2.75, 3.05) is 6.61 Å². The van der Waals surface area contributed by atoms with Gasteiger partial charge in [-0.2, -0.15) is 0 Å². The Hall–Kier alpha value is -1.55. The van der Waals surface area contributed by atoms with Crippen LogP contribution in [0.25, 0.3) is 0 Å². The zero-order chi connectivity index (χ0) is 14.4. The van der Waals surface area contributed by atoms with Crippen molar-refractivity contribution in [2.24, 2.45) is 11.7 Å². The topological polar surface area (TPSA) is 72.5 Å². The van der Waals surface area contributed by atoms with Gasteiger partial charge in [0.1, 0.15) is 11.8 Å². The molecular formula is C16H23NO3. The fourth-order valence-electron chi connectivity index (χ4n) is 2.63. The molecule has 0 saturated heterocycles. The molecule has 2 rings (SSSR count). The van der Waals surface area contributed by atoms with Crippen molar-refractivity contribution in [3.8, 4) is 5.75 Å². The SMILES string of the molecule is N[C@@H](Cc1ccc(OCC2CCCCC2)cc1)C(=O)O. The summed E-state index contributed by atoms with van der Waals surface area (Å²) in [6.45, 7) is 0.786. The van der Waals surface area contributed by atoms with E-state index in [1.54, 1.807) is 0 Å². The number of ether oxygens (including phenoxy) is 1. The van der Waals surface area contributed by atoms with E-state index in [9.17, 15) is 4.79 Å². The second-order valence-corrected chi connectivity index (χ2v) is 5.61. The van der Waals surface area contributed by atoms with Gasteiger partial charge in [-0.1, -0.05) is 31.4 Å². The Bertz CT molecular complexity index is 424. The van der Waals surface area contributed by atoms with Crippen LogP contribution in [0.5, 0.6) is 5.75 Å². The Morgan fingerprint density at radius 1 is 1.25 bits per heavy atom. The summed E-state index contributed by atoms with van der Waals surface area (Å²) in [4.78, 5) is 10.7. The molecule has 1 saturated carbocycles. The van der Waals surface area contributed by atoms with E-state index in [4.69, 9.17) is 15.6 Å². The first kappa shape index (κ1) is 14.9. The molecule has 0 amide bonds. The van der Waals surface area contributed by atoms with Gasteiger partial charge in [-0.15, -0.1) is 0 Å². The number of rotatable bonds is 6. The minimum absolute atomic E-state index is 0.345. The Labute approximate surface area is 119 Å². The van der Waals surface area contributed by atoms with Gasteiger partial charge in [0.25, 0.3) is 0 Å². The largest absolute Gasteiger partial charge is 0.493 e. The average molecular weight is 277 g/mol. The predicted molar refractivity (Wildman–Crippen MR) is 77.8 cm³/mol. The summed E-state index contributed by atoms with van der Waals surface area (Å²) in [5, 5.41) is 8.78.